The third kappa shape index (κ3) is 3.07. The highest BCUT2D eigenvalue weighted by molar-refractivity contribution is 5.79. The van der Waals surface area contributed by atoms with Gasteiger partial charge in [-0.2, -0.15) is 0 Å². The van der Waals surface area contributed by atoms with Crippen LogP contribution in [0.5, 0.6) is 0 Å². The predicted molar refractivity (Wildman–Crippen MR) is 43.1 cm³/mol. The summed E-state index contributed by atoms with van der Waals surface area (Å²) in [6.45, 7) is 6.37. The lowest BCUT2D eigenvalue weighted by atomic mass is 10.1. The van der Waals surface area contributed by atoms with Crippen LogP contribution in [-0.2, 0) is 0 Å². The van der Waals surface area contributed by atoms with Gasteiger partial charge >= 0.3 is 0 Å². The molecular weight excluding hydrogens is 110 g/mol. The third-order valence-corrected chi connectivity index (χ3v) is 1.31. The molecule has 0 saturated heterocycles. The van der Waals surface area contributed by atoms with Gasteiger partial charge in [0.25, 0.3) is 0 Å². The molecule has 0 bridgehead atoms. The first-order valence-corrected chi connectivity index (χ1v) is 3.30. The molecule has 0 saturated carbocycles. The summed E-state index contributed by atoms with van der Waals surface area (Å²) in [6, 6.07) is 0. The standard InChI is InChI=1S/C8H15N/c1-5-8(6-9-4)7(2)3/h6H,5H2,1-4H3. The van der Waals surface area contributed by atoms with Crippen molar-refractivity contribution in [3.63, 3.8) is 0 Å². The van der Waals surface area contributed by atoms with Crippen molar-refractivity contribution in [3.05, 3.63) is 11.1 Å². The van der Waals surface area contributed by atoms with E-state index >= 15 is 0 Å². The molecule has 0 aromatic carbocycles. The van der Waals surface area contributed by atoms with Crippen LogP contribution >= 0.6 is 0 Å². The molecule has 0 rings (SSSR count). The molecule has 0 aromatic heterocycles. The summed E-state index contributed by atoms with van der Waals surface area (Å²) < 4.78 is 0. The largest absolute Gasteiger partial charge is 0.296 e. The number of hydrogen-bond donors (Lipinski definition) is 0. The zero-order chi connectivity index (χ0) is 7.28. The van der Waals surface area contributed by atoms with Crippen molar-refractivity contribution in [1.82, 2.24) is 0 Å². The van der Waals surface area contributed by atoms with Crippen LogP contribution in [-0.4, -0.2) is 13.3 Å². The summed E-state index contributed by atoms with van der Waals surface area (Å²) in [6.07, 6.45) is 3.01. The average molecular weight is 125 g/mol. The summed E-state index contributed by atoms with van der Waals surface area (Å²) in [4.78, 5) is 3.95. The Morgan fingerprint density at radius 1 is 1.44 bits per heavy atom. The summed E-state index contributed by atoms with van der Waals surface area (Å²) in [5.41, 5.74) is 2.71. The normalized spacial score (nSPS) is 10.2. The van der Waals surface area contributed by atoms with Gasteiger partial charge in [0.05, 0.1) is 0 Å². The molecular formula is C8H15N. The van der Waals surface area contributed by atoms with Crippen LogP contribution in [0.3, 0.4) is 0 Å². The van der Waals surface area contributed by atoms with E-state index in [1.165, 1.54) is 11.1 Å². The van der Waals surface area contributed by atoms with E-state index in [9.17, 15) is 0 Å². The van der Waals surface area contributed by atoms with Gasteiger partial charge in [-0.3, -0.25) is 4.99 Å². The van der Waals surface area contributed by atoms with E-state index in [0.29, 0.717) is 0 Å². The summed E-state index contributed by atoms with van der Waals surface area (Å²) >= 11 is 0. The molecule has 0 aliphatic carbocycles. The lowest BCUT2D eigenvalue weighted by Crippen LogP contribution is -1.84. The van der Waals surface area contributed by atoms with E-state index in [4.69, 9.17) is 0 Å². The van der Waals surface area contributed by atoms with Crippen LogP contribution in [0.15, 0.2) is 16.1 Å². The molecule has 0 N–H and O–H groups in total. The van der Waals surface area contributed by atoms with E-state index in [0.717, 1.165) is 6.42 Å². The minimum absolute atomic E-state index is 1.08. The Labute approximate surface area is 57.5 Å². The Morgan fingerprint density at radius 2 is 2.00 bits per heavy atom. The highest BCUT2D eigenvalue weighted by Crippen LogP contribution is 2.03. The lowest BCUT2D eigenvalue weighted by molar-refractivity contribution is 1.13. The van der Waals surface area contributed by atoms with Gasteiger partial charge in [-0.1, -0.05) is 12.5 Å². The quantitative estimate of drug-likeness (QED) is 0.503. The van der Waals surface area contributed by atoms with Gasteiger partial charge in [0.15, 0.2) is 0 Å². The lowest BCUT2D eigenvalue weighted by Gasteiger charge is -1.96. The van der Waals surface area contributed by atoms with Gasteiger partial charge in [0.2, 0.25) is 0 Å². The maximum absolute atomic E-state index is 3.95. The van der Waals surface area contributed by atoms with E-state index < -0.39 is 0 Å². The Balaban J connectivity index is 4.16. The van der Waals surface area contributed by atoms with Crippen LogP contribution in [0.4, 0.5) is 0 Å². The zero-order valence-electron chi connectivity index (χ0n) is 6.73. The molecule has 1 heteroatoms. The highest BCUT2D eigenvalue weighted by atomic mass is 14.6. The monoisotopic (exact) mass is 125 g/mol. The molecule has 1 nitrogen and oxygen atoms in total. The van der Waals surface area contributed by atoms with Gasteiger partial charge in [-0.05, 0) is 25.8 Å². The molecule has 0 aromatic rings. The Bertz CT molecular complexity index is 128. The third-order valence-electron chi connectivity index (χ3n) is 1.31. The molecule has 0 unspecified atom stereocenters. The van der Waals surface area contributed by atoms with Crippen LogP contribution in [0.25, 0.3) is 0 Å². The van der Waals surface area contributed by atoms with Crippen LogP contribution < -0.4 is 0 Å². The molecule has 0 spiro atoms. The number of rotatable bonds is 2. The number of allylic oxidation sites excluding steroid dienone is 2. The molecule has 52 valence electrons. The smallest absolute Gasteiger partial charge is 0.0277 e. The summed E-state index contributed by atoms with van der Waals surface area (Å²) in [7, 11) is 1.80. The Hall–Kier alpha value is -0.590. The number of hydrogen-bond acceptors (Lipinski definition) is 1. The minimum Gasteiger partial charge on any atom is -0.296 e. The van der Waals surface area contributed by atoms with E-state index in [2.05, 4.69) is 25.8 Å². The minimum atomic E-state index is 1.08. The fourth-order valence-corrected chi connectivity index (χ4v) is 0.730. The van der Waals surface area contributed by atoms with E-state index in [1.807, 2.05) is 6.21 Å². The van der Waals surface area contributed by atoms with Gasteiger partial charge in [-0.25, -0.2) is 0 Å². The molecule has 0 aliphatic rings. The Morgan fingerprint density at radius 3 is 2.11 bits per heavy atom. The Kier molecular flexibility index (Phi) is 4.02. The zero-order valence-corrected chi connectivity index (χ0v) is 6.73. The molecule has 0 radical (unpaired) electrons. The van der Waals surface area contributed by atoms with Gasteiger partial charge in [-0.15, -0.1) is 0 Å². The van der Waals surface area contributed by atoms with Crippen LogP contribution in [0.2, 0.25) is 0 Å². The van der Waals surface area contributed by atoms with E-state index in [-0.39, 0.29) is 0 Å². The van der Waals surface area contributed by atoms with E-state index in [1.54, 1.807) is 7.05 Å². The average Bonchev–Trinajstić information content (AvgIpc) is 1.82. The van der Waals surface area contributed by atoms with Crippen molar-refractivity contribution in [2.45, 2.75) is 27.2 Å². The van der Waals surface area contributed by atoms with Gasteiger partial charge < -0.3 is 0 Å². The van der Waals surface area contributed by atoms with Crippen LogP contribution in [0.1, 0.15) is 27.2 Å². The predicted octanol–water partition coefficient (Wildman–Crippen LogP) is 2.43. The second kappa shape index (κ2) is 4.30. The molecule has 0 heterocycles. The number of aliphatic imine (C=N–C) groups is 1. The van der Waals surface area contributed by atoms with Crippen molar-refractivity contribution in [2.75, 3.05) is 7.05 Å². The summed E-state index contributed by atoms with van der Waals surface area (Å²) in [5.74, 6) is 0. The molecule has 9 heavy (non-hydrogen) atoms. The molecule has 0 fully saturated rings. The first-order valence-electron chi connectivity index (χ1n) is 3.30. The summed E-state index contributed by atoms with van der Waals surface area (Å²) in [5, 5.41) is 0. The van der Waals surface area contributed by atoms with Gasteiger partial charge in [0, 0.05) is 13.3 Å². The highest BCUT2D eigenvalue weighted by Gasteiger charge is 1.88. The SMILES string of the molecule is CCC(C=NC)=C(C)C. The number of nitrogens with zero attached hydrogens (tertiary/aromatic N) is 1. The van der Waals surface area contributed by atoms with Crippen molar-refractivity contribution in [2.24, 2.45) is 4.99 Å². The molecule has 0 atom stereocenters. The molecule has 0 amide bonds. The fourth-order valence-electron chi connectivity index (χ4n) is 0.730. The van der Waals surface area contributed by atoms with Crippen molar-refractivity contribution in [3.8, 4) is 0 Å². The van der Waals surface area contributed by atoms with Crippen molar-refractivity contribution < 1.29 is 0 Å². The second-order valence-electron chi connectivity index (χ2n) is 2.27. The molecule has 0 aliphatic heterocycles. The maximum Gasteiger partial charge on any atom is 0.0277 e. The first kappa shape index (κ1) is 8.41. The van der Waals surface area contributed by atoms with Crippen molar-refractivity contribution in [1.29, 1.82) is 0 Å². The first-order chi connectivity index (χ1) is 4.22. The van der Waals surface area contributed by atoms with Gasteiger partial charge in [0.1, 0.15) is 0 Å². The maximum atomic E-state index is 3.95. The fraction of sp³-hybridized carbons (Fsp3) is 0.625. The second-order valence-corrected chi connectivity index (χ2v) is 2.27. The topological polar surface area (TPSA) is 12.4 Å². The van der Waals surface area contributed by atoms with Crippen LogP contribution in [0, 0.1) is 0 Å². The van der Waals surface area contributed by atoms with Crippen molar-refractivity contribution >= 4 is 6.21 Å².